The van der Waals surface area contributed by atoms with Gasteiger partial charge in [-0.15, -0.1) is 0 Å². The number of carbonyl (C=O) groups excluding carboxylic acids is 1. The lowest BCUT2D eigenvalue weighted by molar-refractivity contribution is -0.138. The van der Waals surface area contributed by atoms with Gasteiger partial charge in [0.25, 0.3) is 0 Å². The fourth-order valence-electron chi connectivity index (χ4n) is 5.60. The minimum atomic E-state index is -4.14. The summed E-state index contributed by atoms with van der Waals surface area (Å²) in [5, 5.41) is 25.4. The fraction of sp³-hybridized carbons (Fsp3) is 0.562. The number of amides is 1. The van der Waals surface area contributed by atoms with Crippen molar-refractivity contribution in [2.24, 2.45) is 11.8 Å². The Labute approximate surface area is 291 Å². The Hall–Kier alpha value is -3.28. The van der Waals surface area contributed by atoms with Crippen LogP contribution in [0, 0.1) is 11.8 Å². The number of rotatable bonds is 18. The van der Waals surface area contributed by atoms with Crippen molar-refractivity contribution in [3.05, 3.63) is 54.1 Å². The number of nitrogens with zero attached hydrogens (tertiary/aromatic N) is 1. The summed E-state index contributed by atoms with van der Waals surface area (Å²) < 4.78 is 68.3. The molecule has 4 rings (SSSR count). The molecule has 2 aliphatic rings. The molecule has 2 fully saturated rings. The van der Waals surface area contributed by atoms with Gasteiger partial charge in [0.2, 0.25) is 10.0 Å². The third-order valence-corrected chi connectivity index (χ3v) is 11.3. The van der Waals surface area contributed by atoms with Gasteiger partial charge in [0, 0.05) is 13.1 Å². The average Bonchev–Trinajstić information content (AvgIpc) is 3.68. The lowest BCUT2D eigenvalue weighted by Gasteiger charge is -2.31. The van der Waals surface area contributed by atoms with E-state index in [2.05, 4.69) is 10.4 Å². The number of ether oxygens (including phenoxy) is 5. The smallest absolute Gasteiger partial charge is 0.407 e. The average molecular weight is 744 g/mol. The van der Waals surface area contributed by atoms with Crippen LogP contribution in [-0.2, 0) is 40.0 Å². The van der Waals surface area contributed by atoms with E-state index in [0.717, 1.165) is 0 Å². The van der Waals surface area contributed by atoms with Crippen LogP contribution in [0.4, 0.5) is 4.79 Å². The Morgan fingerprint density at radius 2 is 1.70 bits per heavy atom. The van der Waals surface area contributed by atoms with Crippen LogP contribution in [0.1, 0.15) is 32.8 Å². The predicted molar refractivity (Wildman–Crippen MR) is 179 cm³/mol. The number of carboxylic acids is 1. The SMILES string of the molecule is COc1ccc(S(=O)(=O)N(CC(C)C)C[C@@H](O)[C@H](Cc2ccc(OCP(=O)(O)N[C@@H](C)C(=O)O)cc2)NC(=O)O[C@H]2CO[C@H]3OCC[C@H]32)cc1. The van der Waals surface area contributed by atoms with Gasteiger partial charge < -0.3 is 44.1 Å². The standard InChI is InChI=1S/C32H46N3O13PS/c1-20(2)16-35(50(42,43)25-11-9-23(44-4)10-12-25)17-28(36)27(33-32(39)48-29-18-46-31-26(29)13-14-45-31)15-22-5-7-24(8-6-22)47-19-49(40,41)34-21(3)30(37)38/h5-12,20-21,26-29,31,36H,13-19H2,1-4H3,(H,33,39)(H,37,38)(H2,34,40,41)/t21-,26-,27-,28+,29-,31+/m0/s1. The summed E-state index contributed by atoms with van der Waals surface area (Å²) in [6.45, 7) is 5.31. The van der Waals surface area contributed by atoms with Crippen molar-refractivity contribution in [3.63, 3.8) is 0 Å². The minimum absolute atomic E-state index is 0.0141. The van der Waals surface area contributed by atoms with Gasteiger partial charge in [0.1, 0.15) is 23.6 Å². The number of sulfonamides is 1. The van der Waals surface area contributed by atoms with Crippen molar-refractivity contribution in [3.8, 4) is 11.5 Å². The third kappa shape index (κ3) is 10.9. The van der Waals surface area contributed by atoms with E-state index in [1.807, 2.05) is 13.8 Å². The second-order valence-corrected chi connectivity index (χ2v) is 16.5. The summed E-state index contributed by atoms with van der Waals surface area (Å²) in [5.41, 5.74) is 0.605. The van der Waals surface area contributed by atoms with Crippen LogP contribution >= 0.6 is 7.52 Å². The molecular formula is C32H46N3O13PS. The molecule has 2 aromatic carbocycles. The molecule has 278 valence electrons. The van der Waals surface area contributed by atoms with E-state index < -0.39 is 66.5 Å². The van der Waals surface area contributed by atoms with E-state index in [-0.39, 0.29) is 48.6 Å². The molecule has 2 saturated heterocycles. The summed E-state index contributed by atoms with van der Waals surface area (Å²) in [6, 6.07) is 9.86. The summed E-state index contributed by atoms with van der Waals surface area (Å²) >= 11 is 0. The number of nitrogens with one attached hydrogen (secondary N) is 2. The first-order valence-electron chi connectivity index (χ1n) is 16.1. The van der Waals surface area contributed by atoms with Gasteiger partial charge >= 0.3 is 19.6 Å². The maximum absolute atomic E-state index is 13.8. The van der Waals surface area contributed by atoms with Crippen molar-refractivity contribution < 1.29 is 61.4 Å². The number of alkyl carbamates (subject to hydrolysis) is 1. The number of aliphatic hydroxyl groups is 1. The zero-order valence-electron chi connectivity index (χ0n) is 28.3. The molecule has 0 bridgehead atoms. The van der Waals surface area contributed by atoms with Crippen molar-refractivity contribution in [2.75, 3.05) is 39.8 Å². The summed E-state index contributed by atoms with van der Waals surface area (Å²) in [4.78, 5) is 34.3. The Bertz CT molecular complexity index is 1590. The molecule has 2 aromatic rings. The van der Waals surface area contributed by atoms with E-state index >= 15 is 0 Å². The van der Waals surface area contributed by atoms with Crippen LogP contribution in [0.25, 0.3) is 0 Å². The zero-order valence-corrected chi connectivity index (χ0v) is 30.0. The maximum Gasteiger partial charge on any atom is 0.407 e. The number of hydrogen-bond donors (Lipinski definition) is 5. The zero-order chi connectivity index (χ0) is 36.6. The maximum atomic E-state index is 13.8. The highest BCUT2D eigenvalue weighted by atomic mass is 32.2. The molecule has 5 N–H and O–H groups in total. The number of hydrogen-bond acceptors (Lipinski definition) is 11. The molecule has 50 heavy (non-hydrogen) atoms. The first-order valence-corrected chi connectivity index (χ1v) is 19.4. The molecule has 18 heteroatoms. The van der Waals surface area contributed by atoms with Crippen LogP contribution in [0.5, 0.6) is 11.5 Å². The van der Waals surface area contributed by atoms with Gasteiger partial charge in [-0.1, -0.05) is 26.0 Å². The highest BCUT2D eigenvalue weighted by molar-refractivity contribution is 7.89. The molecule has 0 aromatic heterocycles. The molecule has 0 spiro atoms. The Morgan fingerprint density at radius 3 is 2.32 bits per heavy atom. The van der Waals surface area contributed by atoms with E-state index in [1.54, 1.807) is 12.1 Å². The summed E-state index contributed by atoms with van der Waals surface area (Å²) in [7, 11) is -6.74. The van der Waals surface area contributed by atoms with Gasteiger partial charge in [0.05, 0.1) is 43.3 Å². The number of benzene rings is 2. The van der Waals surface area contributed by atoms with Crippen LogP contribution in [0.15, 0.2) is 53.4 Å². The van der Waals surface area contributed by atoms with Crippen molar-refractivity contribution in [1.29, 1.82) is 0 Å². The molecule has 2 heterocycles. The first kappa shape index (κ1) is 39.5. The van der Waals surface area contributed by atoms with Crippen molar-refractivity contribution in [2.45, 2.75) is 69.1 Å². The Balaban J connectivity index is 1.50. The van der Waals surface area contributed by atoms with E-state index in [4.69, 9.17) is 28.8 Å². The number of methoxy groups -OCH3 is 1. The van der Waals surface area contributed by atoms with Crippen LogP contribution in [0.2, 0.25) is 0 Å². The Morgan fingerprint density at radius 1 is 1.04 bits per heavy atom. The van der Waals surface area contributed by atoms with E-state index in [1.165, 1.54) is 54.7 Å². The number of carbonyl (C=O) groups is 2. The molecule has 1 unspecified atom stereocenters. The van der Waals surface area contributed by atoms with Gasteiger partial charge in [-0.25, -0.2) is 18.3 Å². The van der Waals surface area contributed by atoms with E-state index in [0.29, 0.717) is 24.3 Å². The molecule has 16 nitrogen and oxygen atoms in total. The number of aliphatic carboxylic acids is 1. The lowest BCUT2D eigenvalue weighted by Crippen LogP contribution is -2.51. The number of fused-ring (bicyclic) bond motifs is 1. The van der Waals surface area contributed by atoms with Crippen LogP contribution in [-0.4, -0.2) is 110 Å². The topological polar surface area (TPSA) is 219 Å². The molecule has 7 atom stereocenters. The lowest BCUT2D eigenvalue weighted by atomic mass is 10.0. The molecule has 1 amide bonds. The second kappa shape index (κ2) is 17.3. The largest absolute Gasteiger partial charge is 0.497 e. The Kier molecular flexibility index (Phi) is 13.7. The molecular weight excluding hydrogens is 697 g/mol. The van der Waals surface area contributed by atoms with Crippen molar-refractivity contribution >= 4 is 29.6 Å². The highest BCUT2D eigenvalue weighted by Crippen LogP contribution is 2.36. The normalized spacial score (nSPS) is 22.0. The van der Waals surface area contributed by atoms with Gasteiger partial charge in [-0.3, -0.25) is 9.36 Å². The van der Waals surface area contributed by atoms with Gasteiger partial charge in [0.15, 0.2) is 12.6 Å². The van der Waals surface area contributed by atoms with Crippen molar-refractivity contribution in [1.82, 2.24) is 14.7 Å². The summed E-state index contributed by atoms with van der Waals surface area (Å²) in [6.07, 6.45) is -3.19. The minimum Gasteiger partial charge on any atom is -0.497 e. The molecule has 0 radical (unpaired) electrons. The first-order chi connectivity index (χ1) is 23.6. The van der Waals surface area contributed by atoms with Crippen LogP contribution < -0.4 is 19.9 Å². The molecule has 0 aliphatic carbocycles. The highest BCUT2D eigenvalue weighted by Gasteiger charge is 2.44. The van der Waals surface area contributed by atoms with E-state index in [9.17, 15) is 32.6 Å². The van der Waals surface area contributed by atoms with Crippen LogP contribution in [0.3, 0.4) is 0 Å². The monoisotopic (exact) mass is 743 g/mol. The summed E-state index contributed by atoms with van der Waals surface area (Å²) in [5.74, 6) is -0.821. The molecule has 0 saturated carbocycles. The quantitative estimate of drug-likeness (QED) is 0.139. The van der Waals surface area contributed by atoms with Gasteiger partial charge in [-0.2, -0.15) is 4.31 Å². The third-order valence-electron chi connectivity index (χ3n) is 8.22. The predicted octanol–water partition coefficient (Wildman–Crippen LogP) is 2.39. The van der Waals surface area contributed by atoms with Gasteiger partial charge in [-0.05, 0) is 67.6 Å². The molecule has 2 aliphatic heterocycles. The number of carboxylic acid groups (broad SMARTS) is 1. The number of aliphatic hydroxyl groups excluding tert-OH is 1. The fourth-order valence-corrected chi connectivity index (χ4v) is 8.33. The second-order valence-electron chi connectivity index (χ2n) is 12.7.